The van der Waals surface area contributed by atoms with Gasteiger partial charge in [-0.25, -0.2) is 4.79 Å². The molecule has 1 unspecified atom stereocenters. The highest BCUT2D eigenvalue weighted by molar-refractivity contribution is 5.90. The Labute approximate surface area is 96.7 Å². The largest absolute Gasteiger partial charge is 0.480 e. The van der Waals surface area contributed by atoms with Crippen LogP contribution in [0.2, 0.25) is 0 Å². The zero-order chi connectivity index (χ0) is 12.4. The first-order valence-electron chi connectivity index (χ1n) is 5.77. The molecule has 0 aliphatic rings. The minimum absolute atomic E-state index is 0.430. The summed E-state index contributed by atoms with van der Waals surface area (Å²) in [6.07, 6.45) is 6.88. The summed E-state index contributed by atoms with van der Waals surface area (Å²) >= 11 is 0. The molecule has 4 heteroatoms. The summed E-state index contributed by atoms with van der Waals surface area (Å²) in [5.74, 6) is -1.41. The van der Waals surface area contributed by atoms with Crippen LogP contribution in [0.1, 0.15) is 45.4 Å². The molecule has 0 radical (unpaired) electrons. The highest BCUT2D eigenvalue weighted by atomic mass is 16.4. The lowest BCUT2D eigenvalue weighted by atomic mass is 10.1. The number of hydrogen-bond donors (Lipinski definition) is 2. The van der Waals surface area contributed by atoms with Crippen molar-refractivity contribution < 1.29 is 14.7 Å². The van der Waals surface area contributed by atoms with E-state index in [-0.39, 0.29) is 0 Å². The summed E-state index contributed by atoms with van der Waals surface area (Å²) in [5.41, 5.74) is 0. The number of rotatable bonds is 9. The number of carboxylic acids is 1. The molecule has 0 aromatic rings. The third-order valence-corrected chi connectivity index (χ3v) is 2.40. The Morgan fingerprint density at radius 1 is 1.31 bits per heavy atom. The first kappa shape index (κ1) is 14.7. The van der Waals surface area contributed by atoms with Gasteiger partial charge in [0.05, 0.1) is 0 Å². The number of nitrogens with one attached hydrogen (secondary N) is 1. The van der Waals surface area contributed by atoms with Gasteiger partial charge in [0.2, 0.25) is 5.91 Å². The maximum atomic E-state index is 11.0. The SMILES string of the molecule is C=CC(=O)NC(CCCCCCC)C(=O)O. The van der Waals surface area contributed by atoms with E-state index in [0.29, 0.717) is 6.42 Å². The molecule has 4 nitrogen and oxygen atoms in total. The van der Waals surface area contributed by atoms with Crippen molar-refractivity contribution in [1.82, 2.24) is 5.32 Å². The van der Waals surface area contributed by atoms with Crippen LogP contribution in [0.4, 0.5) is 0 Å². The van der Waals surface area contributed by atoms with Crippen molar-refractivity contribution >= 4 is 11.9 Å². The van der Waals surface area contributed by atoms with Gasteiger partial charge >= 0.3 is 5.97 Å². The molecular formula is C12H21NO3. The van der Waals surface area contributed by atoms with Crippen molar-refractivity contribution in [2.24, 2.45) is 0 Å². The zero-order valence-electron chi connectivity index (χ0n) is 9.87. The van der Waals surface area contributed by atoms with Crippen LogP contribution in [0.3, 0.4) is 0 Å². The Kier molecular flexibility index (Phi) is 8.21. The molecule has 0 aromatic carbocycles. The predicted molar refractivity (Wildman–Crippen MR) is 63.1 cm³/mol. The van der Waals surface area contributed by atoms with E-state index in [2.05, 4.69) is 18.8 Å². The van der Waals surface area contributed by atoms with Gasteiger partial charge in [-0.2, -0.15) is 0 Å². The molecule has 0 aliphatic carbocycles. The lowest BCUT2D eigenvalue weighted by molar-refractivity contribution is -0.141. The normalized spacial score (nSPS) is 11.8. The summed E-state index contributed by atoms with van der Waals surface area (Å²) in [6.45, 7) is 5.42. The summed E-state index contributed by atoms with van der Waals surface area (Å²) in [4.78, 5) is 21.8. The lowest BCUT2D eigenvalue weighted by Gasteiger charge is -2.12. The van der Waals surface area contributed by atoms with E-state index in [1.165, 1.54) is 6.42 Å². The quantitative estimate of drug-likeness (QED) is 0.468. The van der Waals surface area contributed by atoms with E-state index in [4.69, 9.17) is 5.11 Å². The van der Waals surface area contributed by atoms with Crippen LogP contribution < -0.4 is 5.32 Å². The highest BCUT2D eigenvalue weighted by Crippen LogP contribution is 2.07. The molecule has 1 amide bonds. The second kappa shape index (κ2) is 8.95. The second-order valence-electron chi connectivity index (χ2n) is 3.81. The lowest BCUT2D eigenvalue weighted by Crippen LogP contribution is -2.39. The number of hydrogen-bond acceptors (Lipinski definition) is 2. The molecule has 16 heavy (non-hydrogen) atoms. The minimum atomic E-state index is -0.981. The van der Waals surface area contributed by atoms with Gasteiger partial charge in [0, 0.05) is 0 Å². The van der Waals surface area contributed by atoms with E-state index in [1.807, 2.05) is 0 Å². The van der Waals surface area contributed by atoms with Crippen molar-refractivity contribution in [3.8, 4) is 0 Å². The van der Waals surface area contributed by atoms with Gasteiger partial charge in [0.1, 0.15) is 6.04 Å². The maximum Gasteiger partial charge on any atom is 0.326 e. The average molecular weight is 227 g/mol. The summed E-state index contributed by atoms with van der Waals surface area (Å²) < 4.78 is 0. The van der Waals surface area contributed by atoms with Crippen LogP contribution in [-0.4, -0.2) is 23.0 Å². The molecule has 0 fully saturated rings. The van der Waals surface area contributed by atoms with Gasteiger partial charge in [-0.3, -0.25) is 4.79 Å². The first-order chi connectivity index (χ1) is 7.61. The van der Waals surface area contributed by atoms with Crippen molar-refractivity contribution in [1.29, 1.82) is 0 Å². The van der Waals surface area contributed by atoms with E-state index in [0.717, 1.165) is 31.8 Å². The van der Waals surface area contributed by atoms with Crippen molar-refractivity contribution in [3.63, 3.8) is 0 Å². The molecule has 1 atom stereocenters. The number of amides is 1. The van der Waals surface area contributed by atoms with E-state index < -0.39 is 17.9 Å². The van der Waals surface area contributed by atoms with Crippen LogP contribution in [0, 0.1) is 0 Å². The second-order valence-corrected chi connectivity index (χ2v) is 3.81. The third-order valence-electron chi connectivity index (χ3n) is 2.40. The fourth-order valence-electron chi connectivity index (χ4n) is 1.44. The molecular weight excluding hydrogens is 206 g/mol. The number of unbranched alkanes of at least 4 members (excludes halogenated alkanes) is 4. The van der Waals surface area contributed by atoms with Gasteiger partial charge in [-0.15, -0.1) is 0 Å². The average Bonchev–Trinajstić information content (AvgIpc) is 2.26. The first-order valence-corrected chi connectivity index (χ1v) is 5.77. The van der Waals surface area contributed by atoms with Crippen LogP contribution in [0.5, 0.6) is 0 Å². The van der Waals surface area contributed by atoms with Gasteiger partial charge in [0.25, 0.3) is 0 Å². The smallest absolute Gasteiger partial charge is 0.326 e. The monoisotopic (exact) mass is 227 g/mol. The van der Waals surface area contributed by atoms with E-state index >= 15 is 0 Å². The number of aliphatic carboxylic acids is 1. The molecule has 0 aromatic heterocycles. The Hall–Kier alpha value is -1.32. The van der Waals surface area contributed by atoms with Gasteiger partial charge in [0.15, 0.2) is 0 Å². The Morgan fingerprint density at radius 3 is 2.44 bits per heavy atom. The van der Waals surface area contributed by atoms with Crippen molar-refractivity contribution in [2.75, 3.05) is 0 Å². The molecule has 0 saturated heterocycles. The Morgan fingerprint density at radius 2 is 1.94 bits per heavy atom. The molecule has 92 valence electrons. The zero-order valence-corrected chi connectivity index (χ0v) is 9.87. The molecule has 0 spiro atoms. The third kappa shape index (κ3) is 7.04. The Balaban J connectivity index is 3.81. The number of carboxylic acid groups (broad SMARTS) is 1. The summed E-state index contributed by atoms with van der Waals surface area (Å²) in [5, 5.41) is 11.3. The fourth-order valence-corrected chi connectivity index (χ4v) is 1.44. The van der Waals surface area contributed by atoms with Crippen LogP contribution in [-0.2, 0) is 9.59 Å². The molecule has 0 heterocycles. The van der Waals surface area contributed by atoms with Crippen LogP contribution in [0.15, 0.2) is 12.7 Å². The summed E-state index contributed by atoms with van der Waals surface area (Å²) in [6, 6.07) is -0.785. The van der Waals surface area contributed by atoms with Gasteiger partial charge in [-0.1, -0.05) is 45.6 Å². The highest BCUT2D eigenvalue weighted by Gasteiger charge is 2.17. The number of carbonyl (C=O) groups is 2. The predicted octanol–water partition coefficient (Wildman–Crippen LogP) is 2.10. The number of carbonyl (C=O) groups excluding carboxylic acids is 1. The minimum Gasteiger partial charge on any atom is -0.480 e. The van der Waals surface area contributed by atoms with Gasteiger partial charge < -0.3 is 10.4 Å². The maximum absolute atomic E-state index is 11.0. The topological polar surface area (TPSA) is 66.4 Å². The molecule has 2 N–H and O–H groups in total. The molecule has 0 saturated carbocycles. The standard InChI is InChI=1S/C12H21NO3/c1-3-5-6-7-8-9-10(12(15)16)13-11(14)4-2/h4,10H,2-3,5-9H2,1H3,(H,13,14)(H,15,16). The van der Waals surface area contributed by atoms with Gasteiger partial charge in [-0.05, 0) is 12.5 Å². The Bertz CT molecular complexity index is 238. The molecule has 0 aliphatic heterocycles. The van der Waals surface area contributed by atoms with E-state index in [1.54, 1.807) is 0 Å². The van der Waals surface area contributed by atoms with Crippen molar-refractivity contribution in [3.05, 3.63) is 12.7 Å². The van der Waals surface area contributed by atoms with E-state index in [9.17, 15) is 9.59 Å². The van der Waals surface area contributed by atoms with Crippen LogP contribution >= 0.6 is 0 Å². The molecule has 0 rings (SSSR count). The van der Waals surface area contributed by atoms with Crippen molar-refractivity contribution in [2.45, 2.75) is 51.5 Å². The molecule has 0 bridgehead atoms. The van der Waals surface area contributed by atoms with Crippen LogP contribution in [0.25, 0.3) is 0 Å². The summed E-state index contributed by atoms with van der Waals surface area (Å²) in [7, 11) is 0. The fraction of sp³-hybridized carbons (Fsp3) is 0.667.